The van der Waals surface area contributed by atoms with E-state index in [0.29, 0.717) is 12.0 Å². The molecule has 0 aromatic heterocycles. The summed E-state index contributed by atoms with van der Waals surface area (Å²) in [6, 6.07) is 6.77. The predicted molar refractivity (Wildman–Crippen MR) is 127 cm³/mol. The maximum absolute atomic E-state index is 5.49. The topological polar surface area (TPSA) is 58.1 Å². The summed E-state index contributed by atoms with van der Waals surface area (Å²) in [6.07, 6.45) is 0.891. The molecule has 1 heterocycles. The molecule has 0 amide bonds. The van der Waals surface area contributed by atoms with E-state index in [0.717, 1.165) is 57.5 Å². The molecule has 0 radical (unpaired) electrons. The van der Waals surface area contributed by atoms with Crippen LogP contribution in [0.25, 0.3) is 0 Å². The molecule has 1 saturated heterocycles. The maximum Gasteiger partial charge on any atom is 0.191 e. The fourth-order valence-corrected chi connectivity index (χ4v) is 3.54. The molecule has 0 bridgehead atoms. The Morgan fingerprint density at radius 2 is 1.96 bits per heavy atom. The molecule has 1 atom stereocenters. The van der Waals surface area contributed by atoms with Crippen molar-refractivity contribution in [3.8, 4) is 5.75 Å². The molecule has 1 aliphatic heterocycles. The average Bonchev–Trinajstić information content (AvgIpc) is 2.67. The van der Waals surface area contributed by atoms with Gasteiger partial charge >= 0.3 is 0 Å². The van der Waals surface area contributed by atoms with Gasteiger partial charge in [-0.3, -0.25) is 9.89 Å². The molecule has 28 heavy (non-hydrogen) atoms. The van der Waals surface area contributed by atoms with Crippen LogP contribution in [-0.2, 0) is 11.2 Å². The number of halogens is 1. The van der Waals surface area contributed by atoms with E-state index in [4.69, 9.17) is 9.47 Å². The third-order valence-corrected chi connectivity index (χ3v) is 5.11. The van der Waals surface area contributed by atoms with Gasteiger partial charge in [-0.25, -0.2) is 0 Å². The van der Waals surface area contributed by atoms with Gasteiger partial charge in [0.1, 0.15) is 5.75 Å². The highest BCUT2D eigenvalue weighted by molar-refractivity contribution is 14.0. The number of rotatable bonds is 8. The van der Waals surface area contributed by atoms with Crippen molar-refractivity contribution in [1.82, 2.24) is 15.5 Å². The molecule has 0 saturated carbocycles. The summed E-state index contributed by atoms with van der Waals surface area (Å²) in [7, 11) is 3.54. The number of nitrogens with zero attached hydrogens (tertiary/aromatic N) is 2. The number of nitrogens with one attached hydrogen (secondary N) is 2. The minimum Gasteiger partial charge on any atom is -0.496 e. The van der Waals surface area contributed by atoms with Gasteiger partial charge in [-0.05, 0) is 30.9 Å². The minimum absolute atomic E-state index is 0. The van der Waals surface area contributed by atoms with Gasteiger partial charge in [0, 0.05) is 39.3 Å². The van der Waals surface area contributed by atoms with Gasteiger partial charge in [-0.2, -0.15) is 0 Å². The van der Waals surface area contributed by atoms with Gasteiger partial charge in [0.2, 0.25) is 0 Å². The normalized spacial score (nSPS) is 16.4. The van der Waals surface area contributed by atoms with Crippen molar-refractivity contribution in [1.29, 1.82) is 0 Å². The Morgan fingerprint density at radius 1 is 1.25 bits per heavy atom. The van der Waals surface area contributed by atoms with E-state index >= 15 is 0 Å². The van der Waals surface area contributed by atoms with Crippen LogP contribution >= 0.6 is 24.0 Å². The number of benzene rings is 1. The van der Waals surface area contributed by atoms with E-state index in [1.807, 2.05) is 13.1 Å². The molecule has 2 N–H and O–H groups in total. The molecule has 1 aliphatic rings. The summed E-state index contributed by atoms with van der Waals surface area (Å²) in [6.45, 7) is 12.0. The molecule has 6 nitrogen and oxygen atoms in total. The first-order valence-corrected chi connectivity index (χ1v) is 9.95. The van der Waals surface area contributed by atoms with E-state index in [-0.39, 0.29) is 24.0 Å². The van der Waals surface area contributed by atoms with E-state index < -0.39 is 0 Å². The quantitative estimate of drug-likeness (QED) is 0.324. The van der Waals surface area contributed by atoms with Crippen LogP contribution in [0.3, 0.4) is 0 Å². The predicted octanol–water partition coefficient (Wildman–Crippen LogP) is 2.69. The second-order valence-electron chi connectivity index (χ2n) is 7.40. The van der Waals surface area contributed by atoms with Crippen molar-refractivity contribution in [2.75, 3.05) is 53.6 Å². The SMILES string of the molecule is CN=C(NCCc1cc(C)ccc1OC)NCC(C(C)C)N1CCOCC1.I. The first-order valence-electron chi connectivity index (χ1n) is 9.95. The van der Waals surface area contributed by atoms with Crippen molar-refractivity contribution >= 4 is 29.9 Å². The summed E-state index contributed by atoms with van der Waals surface area (Å²) in [4.78, 5) is 6.90. The lowest BCUT2D eigenvalue weighted by Crippen LogP contribution is -2.52. The fourth-order valence-electron chi connectivity index (χ4n) is 3.54. The molecule has 160 valence electrons. The lowest BCUT2D eigenvalue weighted by molar-refractivity contribution is 0.00752. The zero-order valence-electron chi connectivity index (χ0n) is 18.0. The number of aliphatic imine (C=N–C) groups is 1. The largest absolute Gasteiger partial charge is 0.496 e. The lowest BCUT2D eigenvalue weighted by Gasteiger charge is -2.37. The van der Waals surface area contributed by atoms with Gasteiger partial charge in [0.05, 0.1) is 20.3 Å². The maximum atomic E-state index is 5.49. The smallest absolute Gasteiger partial charge is 0.191 e. The molecule has 1 aromatic carbocycles. The lowest BCUT2D eigenvalue weighted by atomic mass is 10.0. The second kappa shape index (κ2) is 13.2. The van der Waals surface area contributed by atoms with E-state index in [1.54, 1.807) is 7.11 Å². The van der Waals surface area contributed by atoms with Crippen LogP contribution in [0.15, 0.2) is 23.2 Å². The van der Waals surface area contributed by atoms with Gasteiger partial charge in [-0.1, -0.05) is 31.5 Å². The van der Waals surface area contributed by atoms with Crippen LogP contribution in [0, 0.1) is 12.8 Å². The van der Waals surface area contributed by atoms with Crippen molar-refractivity contribution in [3.63, 3.8) is 0 Å². The Bertz CT molecular complexity index is 604. The highest BCUT2D eigenvalue weighted by Crippen LogP contribution is 2.19. The minimum atomic E-state index is 0. The summed E-state index contributed by atoms with van der Waals surface area (Å²) in [5, 5.41) is 6.93. The Balaban J connectivity index is 0.00000392. The van der Waals surface area contributed by atoms with Crippen LogP contribution in [-0.4, -0.2) is 70.5 Å². The molecular weight excluding hydrogens is 467 g/mol. The number of aryl methyl sites for hydroxylation is 1. The van der Waals surface area contributed by atoms with E-state index in [9.17, 15) is 0 Å². The number of ether oxygens (including phenoxy) is 2. The van der Waals surface area contributed by atoms with Crippen LogP contribution in [0.1, 0.15) is 25.0 Å². The van der Waals surface area contributed by atoms with E-state index in [1.165, 1.54) is 11.1 Å². The zero-order chi connectivity index (χ0) is 19.6. The Labute approximate surface area is 187 Å². The van der Waals surface area contributed by atoms with Crippen LogP contribution < -0.4 is 15.4 Å². The summed E-state index contributed by atoms with van der Waals surface area (Å²) in [5.74, 6) is 2.36. The Kier molecular flexibility index (Phi) is 11.8. The number of hydrogen-bond acceptors (Lipinski definition) is 4. The second-order valence-corrected chi connectivity index (χ2v) is 7.40. The molecule has 2 rings (SSSR count). The molecular formula is C21H37IN4O2. The van der Waals surface area contributed by atoms with Crippen molar-refractivity contribution in [2.24, 2.45) is 10.9 Å². The molecule has 7 heteroatoms. The van der Waals surface area contributed by atoms with Crippen molar-refractivity contribution < 1.29 is 9.47 Å². The monoisotopic (exact) mass is 504 g/mol. The van der Waals surface area contributed by atoms with Crippen molar-refractivity contribution in [3.05, 3.63) is 29.3 Å². The van der Waals surface area contributed by atoms with Crippen LogP contribution in [0.4, 0.5) is 0 Å². The summed E-state index contributed by atoms with van der Waals surface area (Å²) in [5.41, 5.74) is 2.47. The molecule has 0 aliphatic carbocycles. The van der Waals surface area contributed by atoms with Crippen molar-refractivity contribution in [2.45, 2.75) is 33.2 Å². The number of guanidine groups is 1. The van der Waals surface area contributed by atoms with Gasteiger partial charge in [0.15, 0.2) is 5.96 Å². The van der Waals surface area contributed by atoms with Gasteiger partial charge < -0.3 is 20.1 Å². The highest BCUT2D eigenvalue weighted by atomic mass is 127. The zero-order valence-corrected chi connectivity index (χ0v) is 20.3. The number of hydrogen-bond donors (Lipinski definition) is 2. The van der Waals surface area contributed by atoms with Gasteiger partial charge in [0.25, 0.3) is 0 Å². The third kappa shape index (κ3) is 7.75. The third-order valence-electron chi connectivity index (χ3n) is 5.11. The molecule has 1 aromatic rings. The number of morpholine rings is 1. The first kappa shape index (κ1) is 25.0. The standard InChI is InChI=1S/C21H36N4O2.HI/c1-16(2)19(25-10-12-27-13-11-25)15-24-21(22-4)23-9-8-18-14-17(3)6-7-20(18)26-5;/h6-7,14,16,19H,8-13,15H2,1-5H3,(H2,22,23,24);1H. The first-order chi connectivity index (χ1) is 13.0. The van der Waals surface area contributed by atoms with Crippen LogP contribution in [0.2, 0.25) is 0 Å². The molecule has 1 fully saturated rings. The summed E-state index contributed by atoms with van der Waals surface area (Å²) < 4.78 is 11.0. The van der Waals surface area contributed by atoms with Gasteiger partial charge in [-0.15, -0.1) is 24.0 Å². The fraction of sp³-hybridized carbons (Fsp3) is 0.667. The average molecular weight is 504 g/mol. The Hall–Kier alpha value is -1.06. The van der Waals surface area contributed by atoms with E-state index in [2.05, 4.69) is 53.4 Å². The Morgan fingerprint density at radius 3 is 2.57 bits per heavy atom. The van der Waals surface area contributed by atoms with Crippen LogP contribution in [0.5, 0.6) is 5.75 Å². The highest BCUT2D eigenvalue weighted by Gasteiger charge is 2.23. The molecule has 1 unspecified atom stereocenters. The molecule has 0 spiro atoms. The number of methoxy groups -OCH3 is 1. The summed E-state index contributed by atoms with van der Waals surface area (Å²) >= 11 is 0.